The van der Waals surface area contributed by atoms with Gasteiger partial charge in [-0.25, -0.2) is 8.42 Å². The fraction of sp³-hybridized carbons (Fsp3) is 0.381. The number of piperidine rings is 1. The number of hydrogen-bond acceptors (Lipinski definition) is 6. The van der Waals surface area contributed by atoms with Crippen molar-refractivity contribution in [2.45, 2.75) is 17.7 Å². The molecule has 1 N–H and O–H groups in total. The van der Waals surface area contributed by atoms with E-state index in [1.807, 2.05) is 0 Å². The van der Waals surface area contributed by atoms with Gasteiger partial charge in [0, 0.05) is 25.1 Å². The molecule has 0 spiro atoms. The minimum atomic E-state index is -3.60. The number of methoxy groups -OCH3 is 3. The summed E-state index contributed by atoms with van der Waals surface area (Å²) in [7, 11) is 1.00. The van der Waals surface area contributed by atoms with E-state index < -0.39 is 10.0 Å². The normalized spacial score (nSPS) is 15.4. The molecular weight excluding hydrogens is 408 g/mol. The van der Waals surface area contributed by atoms with E-state index in [0.717, 1.165) is 0 Å². The monoisotopic (exact) mass is 434 g/mol. The molecule has 1 fully saturated rings. The van der Waals surface area contributed by atoms with E-state index in [1.165, 1.54) is 30.7 Å². The Morgan fingerprint density at radius 2 is 1.53 bits per heavy atom. The molecule has 0 aromatic heterocycles. The zero-order valence-corrected chi connectivity index (χ0v) is 18.1. The van der Waals surface area contributed by atoms with Gasteiger partial charge in [-0.15, -0.1) is 0 Å². The van der Waals surface area contributed by atoms with E-state index >= 15 is 0 Å². The van der Waals surface area contributed by atoms with E-state index in [-0.39, 0.29) is 29.8 Å². The molecule has 1 aliphatic heterocycles. The predicted octanol–water partition coefficient (Wildman–Crippen LogP) is 2.75. The Kier molecular flexibility index (Phi) is 6.84. The van der Waals surface area contributed by atoms with Gasteiger partial charge in [-0.1, -0.05) is 0 Å². The van der Waals surface area contributed by atoms with Gasteiger partial charge >= 0.3 is 0 Å². The lowest BCUT2D eigenvalue weighted by Crippen LogP contribution is -2.41. The number of ether oxygens (including phenoxy) is 3. The first-order chi connectivity index (χ1) is 14.4. The molecule has 2 aromatic carbocycles. The van der Waals surface area contributed by atoms with Gasteiger partial charge in [0.25, 0.3) is 0 Å². The number of hydrogen-bond donors (Lipinski definition) is 1. The smallest absolute Gasteiger partial charge is 0.243 e. The zero-order chi connectivity index (χ0) is 21.7. The van der Waals surface area contributed by atoms with Crippen molar-refractivity contribution in [1.29, 1.82) is 0 Å². The summed E-state index contributed by atoms with van der Waals surface area (Å²) in [6, 6.07) is 11.5. The highest BCUT2D eigenvalue weighted by atomic mass is 32.2. The average molecular weight is 435 g/mol. The second-order valence-corrected chi connectivity index (χ2v) is 8.85. The van der Waals surface area contributed by atoms with Crippen molar-refractivity contribution >= 4 is 21.6 Å². The Hall–Kier alpha value is -2.78. The Labute approximate surface area is 176 Å². The quantitative estimate of drug-likeness (QED) is 0.720. The molecule has 3 rings (SSSR count). The SMILES string of the molecule is COc1ccc(S(=O)(=O)N2CCC(C(=O)Nc3ccc(OC)cc3OC)CC2)cc1. The number of rotatable bonds is 7. The number of carbonyl (C=O) groups is 1. The molecule has 30 heavy (non-hydrogen) atoms. The predicted molar refractivity (Wildman–Crippen MR) is 113 cm³/mol. The van der Waals surface area contributed by atoms with E-state index in [0.29, 0.717) is 35.8 Å². The lowest BCUT2D eigenvalue weighted by atomic mass is 9.97. The van der Waals surface area contributed by atoms with E-state index in [1.54, 1.807) is 37.4 Å². The first kappa shape index (κ1) is 21.9. The fourth-order valence-corrected chi connectivity index (χ4v) is 4.86. The van der Waals surface area contributed by atoms with Crippen molar-refractivity contribution in [2.75, 3.05) is 39.7 Å². The van der Waals surface area contributed by atoms with E-state index in [4.69, 9.17) is 14.2 Å². The van der Waals surface area contributed by atoms with Crippen LogP contribution in [0.2, 0.25) is 0 Å². The van der Waals surface area contributed by atoms with Crippen molar-refractivity contribution < 1.29 is 27.4 Å². The molecule has 0 unspecified atom stereocenters. The third kappa shape index (κ3) is 4.68. The third-order valence-electron chi connectivity index (χ3n) is 5.19. The third-order valence-corrected chi connectivity index (χ3v) is 7.10. The van der Waals surface area contributed by atoms with Gasteiger partial charge in [0.1, 0.15) is 17.2 Å². The lowest BCUT2D eigenvalue weighted by molar-refractivity contribution is -0.120. The molecule has 0 radical (unpaired) electrons. The van der Waals surface area contributed by atoms with Crippen LogP contribution in [0, 0.1) is 5.92 Å². The molecule has 1 amide bonds. The van der Waals surface area contributed by atoms with Crippen LogP contribution in [0.25, 0.3) is 0 Å². The number of sulfonamides is 1. The molecule has 0 bridgehead atoms. The Morgan fingerprint density at radius 1 is 0.933 bits per heavy atom. The molecule has 1 heterocycles. The van der Waals surface area contributed by atoms with Crippen LogP contribution in [-0.4, -0.2) is 53.0 Å². The maximum absolute atomic E-state index is 12.9. The number of amides is 1. The van der Waals surface area contributed by atoms with Crippen molar-refractivity contribution in [1.82, 2.24) is 4.31 Å². The van der Waals surface area contributed by atoms with Crippen LogP contribution in [0.15, 0.2) is 47.4 Å². The van der Waals surface area contributed by atoms with Crippen LogP contribution < -0.4 is 19.5 Å². The van der Waals surface area contributed by atoms with Gasteiger partial charge in [-0.3, -0.25) is 4.79 Å². The highest BCUT2D eigenvalue weighted by Crippen LogP contribution is 2.31. The molecule has 162 valence electrons. The highest BCUT2D eigenvalue weighted by Gasteiger charge is 2.32. The molecule has 1 aliphatic rings. The Bertz CT molecular complexity index is 983. The minimum Gasteiger partial charge on any atom is -0.497 e. The van der Waals surface area contributed by atoms with Crippen LogP contribution in [0.4, 0.5) is 5.69 Å². The summed E-state index contributed by atoms with van der Waals surface area (Å²) in [5, 5.41) is 2.88. The van der Waals surface area contributed by atoms with Crippen LogP contribution in [0.5, 0.6) is 17.2 Å². The van der Waals surface area contributed by atoms with Crippen molar-refractivity contribution in [3.63, 3.8) is 0 Å². The largest absolute Gasteiger partial charge is 0.497 e. The molecule has 0 saturated carbocycles. The van der Waals surface area contributed by atoms with Gasteiger partial charge < -0.3 is 19.5 Å². The minimum absolute atomic E-state index is 0.153. The van der Waals surface area contributed by atoms with E-state index in [2.05, 4.69) is 5.32 Å². The zero-order valence-electron chi connectivity index (χ0n) is 17.3. The summed E-state index contributed by atoms with van der Waals surface area (Å²) in [6.07, 6.45) is 0.888. The van der Waals surface area contributed by atoms with E-state index in [9.17, 15) is 13.2 Å². The Balaban J connectivity index is 1.62. The maximum atomic E-state index is 12.9. The molecule has 8 nitrogen and oxygen atoms in total. The van der Waals surface area contributed by atoms with Crippen LogP contribution in [0.1, 0.15) is 12.8 Å². The first-order valence-electron chi connectivity index (χ1n) is 9.56. The van der Waals surface area contributed by atoms with Gasteiger partial charge in [0.15, 0.2) is 0 Å². The molecular formula is C21H26N2O6S. The summed E-state index contributed by atoms with van der Waals surface area (Å²) in [6.45, 7) is 0.568. The summed E-state index contributed by atoms with van der Waals surface area (Å²) < 4.78 is 42.7. The van der Waals surface area contributed by atoms with Crippen molar-refractivity contribution in [3.05, 3.63) is 42.5 Å². The second-order valence-electron chi connectivity index (χ2n) is 6.91. The first-order valence-corrected chi connectivity index (χ1v) is 11.0. The number of benzene rings is 2. The summed E-state index contributed by atoms with van der Waals surface area (Å²) >= 11 is 0. The number of nitrogens with zero attached hydrogens (tertiary/aromatic N) is 1. The van der Waals surface area contributed by atoms with Gasteiger partial charge in [-0.05, 0) is 49.2 Å². The molecule has 2 aromatic rings. The lowest BCUT2D eigenvalue weighted by Gasteiger charge is -2.30. The number of anilines is 1. The standard InChI is InChI=1S/C21H26N2O6S/c1-27-16-4-7-18(8-5-16)30(25,26)23-12-10-15(11-13-23)21(24)22-19-9-6-17(28-2)14-20(19)29-3/h4-9,14-15H,10-13H2,1-3H3,(H,22,24). The molecule has 0 aliphatic carbocycles. The van der Waals surface area contributed by atoms with Crippen LogP contribution >= 0.6 is 0 Å². The van der Waals surface area contributed by atoms with Crippen LogP contribution in [0.3, 0.4) is 0 Å². The second kappa shape index (κ2) is 9.36. The Morgan fingerprint density at radius 3 is 2.10 bits per heavy atom. The number of carbonyl (C=O) groups excluding carboxylic acids is 1. The van der Waals surface area contributed by atoms with Gasteiger partial charge in [-0.2, -0.15) is 4.31 Å². The highest BCUT2D eigenvalue weighted by molar-refractivity contribution is 7.89. The number of nitrogens with one attached hydrogen (secondary N) is 1. The topological polar surface area (TPSA) is 94.2 Å². The van der Waals surface area contributed by atoms with Gasteiger partial charge in [0.05, 0.1) is 31.9 Å². The maximum Gasteiger partial charge on any atom is 0.243 e. The summed E-state index contributed by atoms with van der Waals surface area (Å²) in [4.78, 5) is 12.9. The van der Waals surface area contributed by atoms with Crippen LogP contribution in [-0.2, 0) is 14.8 Å². The molecule has 9 heteroatoms. The summed E-state index contributed by atoms with van der Waals surface area (Å²) in [5.74, 6) is 1.29. The van der Waals surface area contributed by atoms with Crippen molar-refractivity contribution in [3.8, 4) is 17.2 Å². The molecule has 0 atom stereocenters. The molecule has 1 saturated heterocycles. The van der Waals surface area contributed by atoms with Gasteiger partial charge in [0.2, 0.25) is 15.9 Å². The fourth-order valence-electron chi connectivity index (χ4n) is 3.39. The average Bonchev–Trinajstić information content (AvgIpc) is 2.79. The summed E-state index contributed by atoms with van der Waals surface area (Å²) in [5.41, 5.74) is 0.552. The van der Waals surface area contributed by atoms with Crippen molar-refractivity contribution in [2.24, 2.45) is 5.92 Å².